The number of carboxylic acid groups (broad SMARTS) is 4. The molecular weight excluding hydrogens is 550 g/mol. The largest absolute Gasteiger partial charge is 0.508 e. The van der Waals surface area contributed by atoms with Crippen molar-refractivity contribution in [3.05, 3.63) is 29.8 Å². The molecule has 0 aliphatic rings. The molecule has 0 fully saturated rings. The molecule has 12 heteroatoms. The van der Waals surface area contributed by atoms with Gasteiger partial charge in [0.15, 0.2) is 0 Å². The Kier molecular flexibility index (Phi) is 24.8. The van der Waals surface area contributed by atoms with Crippen LogP contribution in [0.25, 0.3) is 0 Å². The minimum absolute atomic E-state index is 0. The zero-order valence-electron chi connectivity index (χ0n) is 15.9. The molecule has 0 saturated carbocycles. The Hall–Kier alpha value is -0.829. The summed E-state index contributed by atoms with van der Waals surface area (Å²) in [6.07, 6.45) is 7.43. The average molecular weight is 574 g/mol. The Balaban J connectivity index is -0.000000384. The fraction of sp³-hybridized carbons (Fsp3) is 0.412. The molecule has 1 aromatic rings. The second kappa shape index (κ2) is 21.9. The number of aryl methyl sites for hydroxylation is 1. The van der Waals surface area contributed by atoms with Gasteiger partial charge in [-0.25, -0.2) is 19.2 Å². The molecule has 9 nitrogen and oxygen atoms in total. The predicted octanol–water partition coefficient (Wildman–Crippen LogP) is 5.68. The van der Waals surface area contributed by atoms with E-state index in [4.69, 9.17) is 20.4 Å². The Bertz CT molecular complexity index is 577. The number of phenols is 1. The van der Waals surface area contributed by atoms with Crippen molar-refractivity contribution in [1.29, 1.82) is 0 Å². The van der Waals surface area contributed by atoms with Crippen LogP contribution in [-0.2, 0) is 6.42 Å². The number of hydrogen-bond acceptors (Lipinski definition) is 7. The maximum Gasteiger partial charge on any atom is 0.376 e. The standard InChI is InChI=1S/C13H20O.2C2H2O4S.Ba/c1-2-3-4-5-6-9-12-10-7-8-11-13(12)14;2*3-1(4)7-2(5)6;/h7-8,10-11,14H,2-6,9H2,1H3;2*(H,3,4)(H,5,6);. The van der Waals surface area contributed by atoms with Gasteiger partial charge in [-0.05, 0) is 24.5 Å². The minimum atomic E-state index is -1.40. The molecule has 0 heterocycles. The number of unbranched alkanes of at least 4 members (excludes halogenated alkanes) is 4. The normalized spacial score (nSPS) is 8.86. The zero-order valence-corrected chi connectivity index (χ0v) is 22.0. The van der Waals surface area contributed by atoms with Gasteiger partial charge in [-0.1, -0.05) is 50.8 Å². The molecule has 1 rings (SSSR count). The quantitative estimate of drug-likeness (QED) is 0.210. The second-order valence-electron chi connectivity index (χ2n) is 5.06. The van der Waals surface area contributed by atoms with Crippen molar-refractivity contribution in [3.8, 4) is 5.75 Å². The van der Waals surface area contributed by atoms with Gasteiger partial charge in [-0.3, -0.25) is 0 Å². The van der Waals surface area contributed by atoms with Gasteiger partial charge < -0.3 is 25.5 Å². The van der Waals surface area contributed by atoms with Crippen LogP contribution >= 0.6 is 23.5 Å². The summed E-state index contributed by atoms with van der Waals surface area (Å²) < 4.78 is 0. The van der Waals surface area contributed by atoms with Gasteiger partial charge in [0.05, 0.1) is 23.5 Å². The first-order valence-corrected chi connectivity index (χ1v) is 9.77. The Labute approximate surface area is 217 Å². The van der Waals surface area contributed by atoms with E-state index < -0.39 is 21.2 Å². The molecule has 160 valence electrons. The maximum absolute atomic E-state index is 9.51. The van der Waals surface area contributed by atoms with Crippen LogP contribution in [0.5, 0.6) is 5.75 Å². The molecule has 0 atom stereocenters. The maximum atomic E-state index is 9.51. The minimum Gasteiger partial charge on any atom is -0.508 e. The molecule has 0 saturated heterocycles. The van der Waals surface area contributed by atoms with Gasteiger partial charge in [0.1, 0.15) is 5.75 Å². The predicted molar refractivity (Wildman–Crippen MR) is 114 cm³/mol. The number of hydrogen-bond donors (Lipinski definition) is 5. The van der Waals surface area contributed by atoms with Crippen LogP contribution < -0.4 is 0 Å². The third kappa shape index (κ3) is 27.2. The van der Waals surface area contributed by atoms with Gasteiger partial charge in [0, 0.05) is 48.9 Å². The van der Waals surface area contributed by atoms with Gasteiger partial charge >= 0.3 is 21.2 Å². The summed E-state index contributed by atoms with van der Waals surface area (Å²) in [5.74, 6) is 0.447. The summed E-state index contributed by atoms with van der Waals surface area (Å²) in [4.78, 5) is 37.6. The van der Waals surface area contributed by atoms with Gasteiger partial charge in [0.2, 0.25) is 0 Å². The number of rotatable bonds is 6. The Morgan fingerprint density at radius 3 is 1.52 bits per heavy atom. The smallest absolute Gasteiger partial charge is 0.376 e. The number of thioether (sulfide) groups is 2. The summed E-state index contributed by atoms with van der Waals surface area (Å²) >= 11 is -0.315. The second-order valence-corrected chi connectivity index (χ2v) is 6.87. The van der Waals surface area contributed by atoms with E-state index in [-0.39, 0.29) is 72.4 Å². The van der Waals surface area contributed by atoms with E-state index in [1.165, 1.54) is 32.1 Å². The van der Waals surface area contributed by atoms with E-state index in [1.807, 2.05) is 18.2 Å². The monoisotopic (exact) mass is 574 g/mol. The molecule has 2 radical (unpaired) electrons. The third-order valence-corrected chi connectivity index (χ3v) is 3.59. The number of benzene rings is 1. The zero-order chi connectivity index (χ0) is 21.9. The van der Waals surface area contributed by atoms with Gasteiger partial charge in [0.25, 0.3) is 0 Å². The summed E-state index contributed by atoms with van der Waals surface area (Å²) in [5.41, 5.74) is 1.09. The van der Waals surface area contributed by atoms with Crippen LogP contribution in [0, 0.1) is 0 Å². The fourth-order valence-electron chi connectivity index (χ4n) is 1.79. The SMILES string of the molecule is CCCCCCCc1ccccc1O.O=C(O)SC(=O)O.O=C(O)SC(=O)O.[Ba]. The van der Waals surface area contributed by atoms with Gasteiger partial charge in [-0.15, -0.1) is 0 Å². The summed E-state index contributed by atoms with van der Waals surface area (Å²) in [6.45, 7) is 2.23. The summed E-state index contributed by atoms with van der Waals surface area (Å²) in [5, 5.41) is 34.6. The average Bonchev–Trinajstić information content (AvgIpc) is 2.55. The first kappa shape index (κ1) is 32.8. The van der Waals surface area contributed by atoms with Crippen molar-refractivity contribution in [1.82, 2.24) is 0 Å². The molecular formula is C17H24BaO9S2. The van der Waals surface area contributed by atoms with E-state index in [0.29, 0.717) is 5.75 Å². The molecule has 0 amide bonds. The molecule has 0 aliphatic heterocycles. The van der Waals surface area contributed by atoms with Crippen LogP contribution in [0.15, 0.2) is 24.3 Å². The molecule has 0 spiro atoms. The van der Waals surface area contributed by atoms with E-state index in [0.717, 1.165) is 12.0 Å². The van der Waals surface area contributed by atoms with E-state index in [1.54, 1.807) is 6.07 Å². The number of para-hydroxylation sites is 1. The number of aromatic hydroxyl groups is 1. The molecule has 0 aliphatic carbocycles. The third-order valence-electron chi connectivity index (χ3n) is 2.89. The van der Waals surface area contributed by atoms with Gasteiger partial charge in [-0.2, -0.15) is 0 Å². The molecule has 29 heavy (non-hydrogen) atoms. The van der Waals surface area contributed by atoms with Crippen molar-refractivity contribution in [2.45, 2.75) is 45.4 Å². The van der Waals surface area contributed by atoms with Crippen LogP contribution in [0.1, 0.15) is 44.6 Å². The topological polar surface area (TPSA) is 169 Å². The number of phenolic OH excluding ortho intramolecular Hbond substituents is 1. The number of carbonyl (C=O) groups is 4. The first-order valence-electron chi connectivity index (χ1n) is 8.14. The van der Waals surface area contributed by atoms with Crippen molar-refractivity contribution >= 4 is 93.6 Å². The van der Waals surface area contributed by atoms with Crippen molar-refractivity contribution in [3.63, 3.8) is 0 Å². The van der Waals surface area contributed by atoms with Crippen molar-refractivity contribution in [2.24, 2.45) is 0 Å². The molecule has 5 N–H and O–H groups in total. The first-order chi connectivity index (χ1) is 13.1. The summed E-state index contributed by atoms with van der Waals surface area (Å²) in [6, 6.07) is 7.63. The van der Waals surface area contributed by atoms with E-state index >= 15 is 0 Å². The molecule has 0 aromatic heterocycles. The Morgan fingerprint density at radius 2 is 1.17 bits per heavy atom. The van der Waals surface area contributed by atoms with Crippen molar-refractivity contribution in [2.75, 3.05) is 0 Å². The molecule has 1 aromatic carbocycles. The molecule has 0 bridgehead atoms. The fourth-order valence-corrected chi connectivity index (χ4v) is 2.09. The molecule has 0 unspecified atom stereocenters. The van der Waals surface area contributed by atoms with Crippen LogP contribution in [0.4, 0.5) is 19.2 Å². The van der Waals surface area contributed by atoms with Crippen LogP contribution in [-0.4, -0.2) is 95.6 Å². The van der Waals surface area contributed by atoms with E-state index in [9.17, 15) is 24.3 Å². The van der Waals surface area contributed by atoms with Crippen molar-refractivity contribution < 1.29 is 44.7 Å². The Morgan fingerprint density at radius 1 is 0.759 bits per heavy atom. The van der Waals surface area contributed by atoms with E-state index in [2.05, 4.69) is 6.92 Å². The summed E-state index contributed by atoms with van der Waals surface area (Å²) in [7, 11) is 0. The van der Waals surface area contributed by atoms with Crippen LogP contribution in [0.2, 0.25) is 0 Å². The van der Waals surface area contributed by atoms with Crippen LogP contribution in [0.3, 0.4) is 0 Å².